The van der Waals surface area contributed by atoms with E-state index < -0.39 is 0 Å². The highest BCUT2D eigenvalue weighted by molar-refractivity contribution is 4.72. The predicted molar refractivity (Wildman–Crippen MR) is 66.3 cm³/mol. The van der Waals surface area contributed by atoms with E-state index in [0.717, 1.165) is 12.6 Å². The molecule has 90 valence electrons. The molecule has 1 fully saturated rings. The smallest absolute Gasteiger partial charge is 0.00791 e. The maximum atomic E-state index is 3.58. The fraction of sp³-hybridized carbons (Fsp3) is 1.00. The normalized spacial score (nSPS) is 22.2. The Labute approximate surface area is 94.6 Å². The lowest BCUT2D eigenvalue weighted by Gasteiger charge is -2.23. The fourth-order valence-electron chi connectivity index (χ4n) is 2.09. The van der Waals surface area contributed by atoms with Gasteiger partial charge in [-0.05, 0) is 66.0 Å². The molecule has 1 saturated heterocycles. The summed E-state index contributed by atoms with van der Waals surface area (Å²) in [6.45, 7) is 4.75. The van der Waals surface area contributed by atoms with E-state index in [0.29, 0.717) is 0 Å². The van der Waals surface area contributed by atoms with Crippen LogP contribution in [0.5, 0.6) is 0 Å². The Balaban J connectivity index is 1.83. The third kappa shape index (κ3) is 6.88. The summed E-state index contributed by atoms with van der Waals surface area (Å²) in [5.41, 5.74) is 0. The molecule has 0 aromatic heterocycles. The standard InChI is InChI=1S/C12H27N3/c1-15(2)11-5-8-13-10-7-12-6-3-4-9-14-12/h12-14H,3-11H2,1-2H3. The first kappa shape index (κ1) is 12.9. The highest BCUT2D eigenvalue weighted by Gasteiger charge is 2.10. The number of nitrogens with zero attached hydrogens (tertiary/aromatic N) is 1. The lowest BCUT2D eigenvalue weighted by atomic mass is 10.0. The van der Waals surface area contributed by atoms with Crippen LogP contribution in [0.1, 0.15) is 32.1 Å². The monoisotopic (exact) mass is 213 g/mol. The van der Waals surface area contributed by atoms with Crippen molar-refractivity contribution in [1.82, 2.24) is 15.5 Å². The number of nitrogens with one attached hydrogen (secondary N) is 2. The molecule has 0 spiro atoms. The fourth-order valence-corrected chi connectivity index (χ4v) is 2.09. The molecule has 0 radical (unpaired) electrons. The van der Waals surface area contributed by atoms with Gasteiger partial charge in [0.1, 0.15) is 0 Å². The van der Waals surface area contributed by atoms with Crippen molar-refractivity contribution >= 4 is 0 Å². The molecular weight excluding hydrogens is 186 g/mol. The van der Waals surface area contributed by atoms with Gasteiger partial charge in [-0.25, -0.2) is 0 Å². The SMILES string of the molecule is CN(C)CCCNCCC1CCCCN1. The van der Waals surface area contributed by atoms with E-state index >= 15 is 0 Å². The quantitative estimate of drug-likeness (QED) is 0.619. The average Bonchev–Trinajstić information content (AvgIpc) is 2.24. The van der Waals surface area contributed by atoms with E-state index in [4.69, 9.17) is 0 Å². The number of hydrogen-bond acceptors (Lipinski definition) is 3. The van der Waals surface area contributed by atoms with Crippen molar-refractivity contribution in [1.29, 1.82) is 0 Å². The summed E-state index contributed by atoms with van der Waals surface area (Å²) in [6, 6.07) is 0.778. The van der Waals surface area contributed by atoms with E-state index in [1.54, 1.807) is 0 Å². The summed E-state index contributed by atoms with van der Waals surface area (Å²) in [5.74, 6) is 0. The van der Waals surface area contributed by atoms with Crippen LogP contribution in [-0.2, 0) is 0 Å². The molecule has 3 nitrogen and oxygen atoms in total. The second-order valence-corrected chi connectivity index (χ2v) is 4.84. The van der Waals surface area contributed by atoms with Gasteiger partial charge in [0.2, 0.25) is 0 Å². The second-order valence-electron chi connectivity index (χ2n) is 4.84. The maximum Gasteiger partial charge on any atom is 0.00791 e. The van der Waals surface area contributed by atoms with Gasteiger partial charge in [0.15, 0.2) is 0 Å². The molecule has 1 aliphatic rings. The molecule has 0 aromatic rings. The summed E-state index contributed by atoms with van der Waals surface area (Å²) in [6.07, 6.45) is 6.71. The van der Waals surface area contributed by atoms with E-state index in [2.05, 4.69) is 29.6 Å². The molecule has 1 aliphatic heterocycles. The molecule has 0 aliphatic carbocycles. The van der Waals surface area contributed by atoms with Crippen LogP contribution in [-0.4, -0.2) is 51.2 Å². The first-order chi connectivity index (χ1) is 7.29. The number of rotatable bonds is 7. The predicted octanol–water partition coefficient (Wildman–Crippen LogP) is 1.06. The van der Waals surface area contributed by atoms with Crippen molar-refractivity contribution in [3.05, 3.63) is 0 Å². The molecule has 15 heavy (non-hydrogen) atoms. The molecule has 3 heteroatoms. The highest BCUT2D eigenvalue weighted by Crippen LogP contribution is 2.08. The minimum absolute atomic E-state index is 0.778. The largest absolute Gasteiger partial charge is 0.317 e. The van der Waals surface area contributed by atoms with Crippen LogP contribution in [0.2, 0.25) is 0 Å². The van der Waals surface area contributed by atoms with Gasteiger partial charge in [0.25, 0.3) is 0 Å². The Morgan fingerprint density at radius 3 is 2.80 bits per heavy atom. The van der Waals surface area contributed by atoms with Crippen LogP contribution in [0.25, 0.3) is 0 Å². The first-order valence-electron chi connectivity index (χ1n) is 6.38. The molecular formula is C12H27N3. The van der Waals surface area contributed by atoms with E-state index in [9.17, 15) is 0 Å². The van der Waals surface area contributed by atoms with Crippen LogP contribution in [0, 0.1) is 0 Å². The van der Waals surface area contributed by atoms with Crippen molar-refractivity contribution in [3.8, 4) is 0 Å². The molecule has 2 N–H and O–H groups in total. The van der Waals surface area contributed by atoms with Gasteiger partial charge < -0.3 is 15.5 Å². The van der Waals surface area contributed by atoms with Crippen molar-refractivity contribution in [2.75, 3.05) is 40.3 Å². The Morgan fingerprint density at radius 2 is 2.13 bits per heavy atom. The van der Waals surface area contributed by atoms with Crippen molar-refractivity contribution in [3.63, 3.8) is 0 Å². The van der Waals surface area contributed by atoms with Gasteiger partial charge in [-0.15, -0.1) is 0 Å². The Hall–Kier alpha value is -0.120. The summed E-state index contributed by atoms with van der Waals surface area (Å²) in [5, 5.41) is 7.10. The molecule has 0 amide bonds. The maximum absolute atomic E-state index is 3.58. The van der Waals surface area contributed by atoms with Crippen LogP contribution in [0.3, 0.4) is 0 Å². The van der Waals surface area contributed by atoms with Gasteiger partial charge in [0, 0.05) is 6.04 Å². The third-order valence-electron chi connectivity index (χ3n) is 3.04. The topological polar surface area (TPSA) is 27.3 Å². The zero-order chi connectivity index (χ0) is 10.9. The molecule has 0 bridgehead atoms. The van der Waals surface area contributed by atoms with Gasteiger partial charge >= 0.3 is 0 Å². The van der Waals surface area contributed by atoms with Crippen LogP contribution in [0.4, 0.5) is 0 Å². The Morgan fingerprint density at radius 1 is 1.27 bits per heavy atom. The minimum Gasteiger partial charge on any atom is -0.317 e. The first-order valence-corrected chi connectivity index (χ1v) is 6.38. The number of piperidine rings is 1. The zero-order valence-electron chi connectivity index (χ0n) is 10.4. The molecule has 1 atom stereocenters. The van der Waals surface area contributed by atoms with Crippen molar-refractivity contribution in [2.45, 2.75) is 38.1 Å². The lowest BCUT2D eigenvalue weighted by Crippen LogP contribution is -2.36. The second kappa shape index (κ2) is 8.08. The van der Waals surface area contributed by atoms with Crippen molar-refractivity contribution < 1.29 is 0 Å². The van der Waals surface area contributed by atoms with E-state index in [1.165, 1.54) is 51.7 Å². The summed E-state index contributed by atoms with van der Waals surface area (Å²) >= 11 is 0. The number of hydrogen-bond donors (Lipinski definition) is 2. The summed E-state index contributed by atoms with van der Waals surface area (Å²) in [4.78, 5) is 2.24. The van der Waals surface area contributed by atoms with Gasteiger partial charge in [-0.1, -0.05) is 6.42 Å². The third-order valence-corrected chi connectivity index (χ3v) is 3.04. The van der Waals surface area contributed by atoms with Crippen LogP contribution >= 0.6 is 0 Å². The van der Waals surface area contributed by atoms with Gasteiger partial charge in [0.05, 0.1) is 0 Å². The molecule has 1 heterocycles. The minimum atomic E-state index is 0.778. The summed E-state index contributed by atoms with van der Waals surface area (Å²) in [7, 11) is 4.26. The van der Waals surface area contributed by atoms with E-state index in [-0.39, 0.29) is 0 Å². The Bertz CT molecular complexity index is 142. The average molecular weight is 213 g/mol. The molecule has 0 aromatic carbocycles. The van der Waals surface area contributed by atoms with E-state index in [1.807, 2.05) is 0 Å². The molecule has 0 saturated carbocycles. The van der Waals surface area contributed by atoms with Gasteiger partial charge in [-0.2, -0.15) is 0 Å². The summed E-state index contributed by atoms with van der Waals surface area (Å²) < 4.78 is 0. The Kier molecular flexibility index (Phi) is 6.98. The molecule has 1 unspecified atom stereocenters. The van der Waals surface area contributed by atoms with Crippen LogP contribution < -0.4 is 10.6 Å². The zero-order valence-corrected chi connectivity index (χ0v) is 10.4. The highest BCUT2D eigenvalue weighted by atomic mass is 15.1. The van der Waals surface area contributed by atoms with Crippen LogP contribution in [0.15, 0.2) is 0 Å². The molecule has 1 rings (SSSR count). The van der Waals surface area contributed by atoms with Crippen molar-refractivity contribution in [2.24, 2.45) is 0 Å². The van der Waals surface area contributed by atoms with Gasteiger partial charge in [-0.3, -0.25) is 0 Å². The lowest BCUT2D eigenvalue weighted by molar-refractivity contribution is 0.368.